The molecule has 1 rings (SSSR count). The van der Waals surface area contributed by atoms with Gasteiger partial charge in [-0.1, -0.05) is 13.8 Å². The van der Waals surface area contributed by atoms with Gasteiger partial charge in [0.05, 0.1) is 19.3 Å². The zero-order valence-electron chi connectivity index (χ0n) is 10.9. The fourth-order valence-electron chi connectivity index (χ4n) is 2.29. The standard InChI is InChI=1S/C13H21NO3/c1-12(2)4-5-13(10-14,11(12)15)6-7-17-9-8-16-3/h4-9H2,1-3H3. The third-order valence-electron chi connectivity index (χ3n) is 3.55. The molecule has 1 fully saturated rings. The van der Waals surface area contributed by atoms with Crippen molar-refractivity contribution in [3.05, 3.63) is 0 Å². The van der Waals surface area contributed by atoms with E-state index in [9.17, 15) is 10.1 Å². The Bertz CT molecular complexity index is 319. The highest BCUT2D eigenvalue weighted by Gasteiger charge is 2.51. The molecule has 96 valence electrons. The van der Waals surface area contributed by atoms with Gasteiger partial charge in [-0.25, -0.2) is 0 Å². The van der Waals surface area contributed by atoms with Crippen molar-refractivity contribution in [3.63, 3.8) is 0 Å². The predicted molar refractivity (Wildman–Crippen MR) is 63.4 cm³/mol. The topological polar surface area (TPSA) is 59.3 Å². The van der Waals surface area contributed by atoms with Crippen molar-refractivity contribution in [3.8, 4) is 6.07 Å². The second-order valence-electron chi connectivity index (χ2n) is 5.26. The van der Waals surface area contributed by atoms with Crippen LogP contribution in [0.25, 0.3) is 0 Å². The lowest BCUT2D eigenvalue weighted by atomic mass is 9.79. The first-order chi connectivity index (χ1) is 7.98. The minimum Gasteiger partial charge on any atom is -0.382 e. The van der Waals surface area contributed by atoms with E-state index in [4.69, 9.17) is 9.47 Å². The predicted octanol–water partition coefficient (Wildman–Crippen LogP) is 1.94. The van der Waals surface area contributed by atoms with Gasteiger partial charge in [-0.05, 0) is 19.3 Å². The SMILES string of the molecule is COCCOCCC1(C#N)CCC(C)(C)C1=O. The largest absolute Gasteiger partial charge is 0.382 e. The van der Waals surface area contributed by atoms with Crippen molar-refractivity contribution >= 4 is 5.78 Å². The van der Waals surface area contributed by atoms with E-state index in [0.29, 0.717) is 32.7 Å². The smallest absolute Gasteiger partial charge is 0.158 e. The second-order valence-corrected chi connectivity index (χ2v) is 5.26. The molecule has 1 saturated carbocycles. The molecule has 0 saturated heterocycles. The Morgan fingerprint density at radius 1 is 1.29 bits per heavy atom. The van der Waals surface area contributed by atoms with Crippen LogP contribution in [0.4, 0.5) is 0 Å². The molecule has 0 aliphatic heterocycles. The molecule has 0 heterocycles. The number of hydrogen-bond acceptors (Lipinski definition) is 4. The third-order valence-corrected chi connectivity index (χ3v) is 3.55. The van der Waals surface area contributed by atoms with Gasteiger partial charge in [0, 0.05) is 19.1 Å². The molecule has 0 bridgehead atoms. The number of rotatable bonds is 6. The summed E-state index contributed by atoms with van der Waals surface area (Å²) in [6.45, 7) is 5.33. The summed E-state index contributed by atoms with van der Waals surface area (Å²) in [5, 5.41) is 9.27. The van der Waals surface area contributed by atoms with Crippen LogP contribution in [0.2, 0.25) is 0 Å². The van der Waals surface area contributed by atoms with Crippen LogP contribution in [0.5, 0.6) is 0 Å². The number of nitriles is 1. The van der Waals surface area contributed by atoms with Crippen molar-refractivity contribution < 1.29 is 14.3 Å². The fraction of sp³-hybridized carbons (Fsp3) is 0.846. The van der Waals surface area contributed by atoms with E-state index in [1.54, 1.807) is 7.11 Å². The molecule has 4 heteroatoms. The number of Topliss-reactive ketones (excluding diaryl/α,β-unsaturated/α-hetero) is 1. The average molecular weight is 239 g/mol. The Morgan fingerprint density at radius 3 is 2.47 bits per heavy atom. The molecule has 0 N–H and O–H groups in total. The Kier molecular flexibility index (Phi) is 4.67. The number of carbonyl (C=O) groups excluding carboxylic acids is 1. The summed E-state index contributed by atoms with van der Waals surface area (Å²) in [7, 11) is 1.61. The van der Waals surface area contributed by atoms with E-state index >= 15 is 0 Å². The Labute approximate surface area is 103 Å². The van der Waals surface area contributed by atoms with Gasteiger partial charge in [-0.3, -0.25) is 4.79 Å². The summed E-state index contributed by atoms with van der Waals surface area (Å²) in [5.41, 5.74) is -1.18. The molecule has 1 unspecified atom stereocenters. The number of nitrogens with zero attached hydrogens (tertiary/aromatic N) is 1. The quantitative estimate of drug-likeness (QED) is 0.665. The van der Waals surface area contributed by atoms with Crippen LogP contribution in [0, 0.1) is 22.2 Å². The molecule has 1 aliphatic carbocycles. The number of methoxy groups -OCH3 is 1. The molecule has 1 atom stereocenters. The van der Waals surface area contributed by atoms with Gasteiger partial charge in [0.2, 0.25) is 0 Å². The Hall–Kier alpha value is -0.920. The number of ether oxygens (including phenoxy) is 2. The third kappa shape index (κ3) is 3.05. The van der Waals surface area contributed by atoms with Gasteiger partial charge >= 0.3 is 0 Å². The molecule has 17 heavy (non-hydrogen) atoms. The van der Waals surface area contributed by atoms with Crippen LogP contribution < -0.4 is 0 Å². The number of carbonyl (C=O) groups is 1. The monoisotopic (exact) mass is 239 g/mol. The lowest BCUT2D eigenvalue weighted by Gasteiger charge is -2.22. The molecule has 0 amide bonds. The van der Waals surface area contributed by atoms with Crippen LogP contribution in [0.1, 0.15) is 33.1 Å². The maximum Gasteiger partial charge on any atom is 0.158 e. The highest BCUT2D eigenvalue weighted by molar-refractivity contribution is 5.94. The first kappa shape index (κ1) is 14.1. The molecular formula is C13H21NO3. The minimum atomic E-state index is -0.823. The highest BCUT2D eigenvalue weighted by atomic mass is 16.5. The molecule has 0 aromatic heterocycles. The normalized spacial score (nSPS) is 27.1. The fourth-order valence-corrected chi connectivity index (χ4v) is 2.29. The van der Waals surface area contributed by atoms with Crippen LogP contribution in [0.3, 0.4) is 0 Å². The van der Waals surface area contributed by atoms with Crippen molar-refractivity contribution in [2.24, 2.45) is 10.8 Å². The van der Waals surface area contributed by atoms with Gasteiger partial charge in [-0.2, -0.15) is 5.26 Å². The molecule has 0 spiro atoms. The summed E-state index contributed by atoms with van der Waals surface area (Å²) in [6, 6.07) is 2.21. The average Bonchev–Trinajstić information content (AvgIpc) is 2.53. The van der Waals surface area contributed by atoms with Crippen LogP contribution in [-0.2, 0) is 14.3 Å². The second kappa shape index (κ2) is 5.61. The zero-order valence-corrected chi connectivity index (χ0v) is 10.9. The van der Waals surface area contributed by atoms with E-state index < -0.39 is 5.41 Å². The van der Waals surface area contributed by atoms with Crippen LogP contribution >= 0.6 is 0 Å². The first-order valence-corrected chi connectivity index (χ1v) is 6.01. The van der Waals surface area contributed by atoms with Crippen LogP contribution in [-0.4, -0.2) is 32.7 Å². The summed E-state index contributed by atoms with van der Waals surface area (Å²) < 4.78 is 10.2. The van der Waals surface area contributed by atoms with E-state index in [1.807, 2.05) is 13.8 Å². The number of ketones is 1. The van der Waals surface area contributed by atoms with Crippen molar-refractivity contribution in [2.45, 2.75) is 33.1 Å². The van der Waals surface area contributed by atoms with Crippen molar-refractivity contribution in [2.75, 3.05) is 26.9 Å². The van der Waals surface area contributed by atoms with Crippen molar-refractivity contribution in [1.29, 1.82) is 5.26 Å². The maximum atomic E-state index is 12.2. The lowest BCUT2D eigenvalue weighted by Crippen LogP contribution is -2.32. The van der Waals surface area contributed by atoms with E-state index in [1.165, 1.54) is 0 Å². The lowest BCUT2D eigenvalue weighted by molar-refractivity contribution is -0.130. The molecule has 0 aromatic rings. The van der Waals surface area contributed by atoms with Crippen LogP contribution in [0.15, 0.2) is 0 Å². The molecule has 0 radical (unpaired) electrons. The molecular weight excluding hydrogens is 218 g/mol. The van der Waals surface area contributed by atoms with E-state index in [-0.39, 0.29) is 11.2 Å². The van der Waals surface area contributed by atoms with Crippen molar-refractivity contribution in [1.82, 2.24) is 0 Å². The summed E-state index contributed by atoms with van der Waals surface area (Å²) in [6.07, 6.45) is 1.94. The summed E-state index contributed by atoms with van der Waals surface area (Å²) in [5.74, 6) is 0.0721. The Balaban J connectivity index is 2.49. The van der Waals surface area contributed by atoms with Gasteiger partial charge < -0.3 is 9.47 Å². The Morgan fingerprint density at radius 2 is 2.00 bits per heavy atom. The van der Waals surface area contributed by atoms with Gasteiger partial charge in [0.25, 0.3) is 0 Å². The summed E-state index contributed by atoms with van der Waals surface area (Å²) >= 11 is 0. The van der Waals surface area contributed by atoms with Gasteiger partial charge in [-0.15, -0.1) is 0 Å². The van der Waals surface area contributed by atoms with Gasteiger partial charge in [0.1, 0.15) is 5.41 Å². The molecule has 0 aromatic carbocycles. The maximum absolute atomic E-state index is 12.2. The van der Waals surface area contributed by atoms with Gasteiger partial charge in [0.15, 0.2) is 5.78 Å². The molecule has 1 aliphatic rings. The zero-order chi connectivity index (χ0) is 12.9. The minimum absolute atomic E-state index is 0.0721. The number of hydrogen-bond donors (Lipinski definition) is 0. The highest BCUT2D eigenvalue weighted by Crippen LogP contribution is 2.47. The van der Waals surface area contributed by atoms with E-state index in [0.717, 1.165) is 6.42 Å². The summed E-state index contributed by atoms with van der Waals surface area (Å²) in [4.78, 5) is 12.2. The first-order valence-electron chi connectivity index (χ1n) is 6.01. The molecule has 4 nitrogen and oxygen atoms in total. The van der Waals surface area contributed by atoms with E-state index in [2.05, 4.69) is 6.07 Å².